The van der Waals surface area contributed by atoms with Gasteiger partial charge in [-0.05, 0) is 42.2 Å². The van der Waals surface area contributed by atoms with Crippen LogP contribution < -0.4 is 15.5 Å². The van der Waals surface area contributed by atoms with Crippen LogP contribution in [0.3, 0.4) is 0 Å². The van der Waals surface area contributed by atoms with Gasteiger partial charge < -0.3 is 20.3 Å². The highest BCUT2D eigenvalue weighted by Gasteiger charge is 2.44. The van der Waals surface area contributed by atoms with E-state index >= 15 is 0 Å². The summed E-state index contributed by atoms with van der Waals surface area (Å²) in [6.45, 7) is 1.93. The predicted octanol–water partition coefficient (Wildman–Crippen LogP) is 3.98. The van der Waals surface area contributed by atoms with Crippen LogP contribution in [-0.4, -0.2) is 33.0 Å². The molecule has 2 aromatic rings. The number of ether oxygens (including phenoxy) is 1. The third-order valence-corrected chi connectivity index (χ3v) is 5.97. The van der Waals surface area contributed by atoms with E-state index in [1.807, 2.05) is 74.4 Å². The van der Waals surface area contributed by atoms with Crippen molar-refractivity contribution in [3.8, 4) is 0 Å². The molecule has 156 valence electrons. The number of hydrogen-bond donors (Lipinski definition) is 2. The van der Waals surface area contributed by atoms with Crippen molar-refractivity contribution in [1.29, 1.82) is 0 Å². The maximum absolute atomic E-state index is 13.6. The topological polar surface area (TPSA) is 70.7 Å². The Hall–Kier alpha value is -3.28. The second-order valence-electron chi connectivity index (χ2n) is 8.17. The lowest BCUT2D eigenvalue weighted by Crippen LogP contribution is -2.39. The number of benzene rings is 2. The van der Waals surface area contributed by atoms with Crippen molar-refractivity contribution in [3.05, 3.63) is 65.4 Å². The smallest absolute Gasteiger partial charge is 0.316 e. The van der Waals surface area contributed by atoms with Gasteiger partial charge >= 0.3 is 5.97 Å². The van der Waals surface area contributed by atoms with Crippen molar-refractivity contribution in [2.45, 2.75) is 19.4 Å². The first kappa shape index (κ1) is 20.0. The SMILES string of the molecule is COC(=O)[C@H]1C(=O)C2=C(C[C@H]1C)Nc1ccccc1N[C@H]2c1ccc(N(C)C)cc1. The summed E-state index contributed by atoms with van der Waals surface area (Å²) in [4.78, 5) is 28.0. The summed E-state index contributed by atoms with van der Waals surface area (Å²) >= 11 is 0. The number of allylic oxidation sites excluding steroid dienone is 1. The minimum absolute atomic E-state index is 0.141. The number of fused-ring (bicyclic) bond motifs is 1. The summed E-state index contributed by atoms with van der Waals surface area (Å²) < 4.78 is 4.96. The molecule has 0 bridgehead atoms. The van der Waals surface area contributed by atoms with E-state index in [4.69, 9.17) is 4.74 Å². The molecular weight excluding hydrogens is 378 g/mol. The molecule has 2 N–H and O–H groups in total. The number of para-hydroxylation sites is 2. The van der Waals surface area contributed by atoms with Crippen LogP contribution in [0.25, 0.3) is 0 Å². The minimum Gasteiger partial charge on any atom is -0.468 e. The van der Waals surface area contributed by atoms with Crippen molar-refractivity contribution in [2.75, 3.05) is 36.7 Å². The average molecular weight is 405 g/mol. The molecule has 1 heterocycles. The maximum atomic E-state index is 13.6. The summed E-state index contributed by atoms with van der Waals surface area (Å²) in [5.41, 5.74) is 5.37. The molecule has 6 nitrogen and oxygen atoms in total. The minimum atomic E-state index is -0.790. The molecule has 2 aromatic carbocycles. The largest absolute Gasteiger partial charge is 0.468 e. The molecule has 0 amide bonds. The van der Waals surface area contributed by atoms with Crippen LogP contribution in [0.4, 0.5) is 17.1 Å². The average Bonchev–Trinajstić information content (AvgIpc) is 2.90. The zero-order chi connectivity index (χ0) is 21.4. The fourth-order valence-electron chi connectivity index (χ4n) is 4.35. The number of methoxy groups -OCH3 is 1. The van der Waals surface area contributed by atoms with Gasteiger partial charge in [0, 0.05) is 31.1 Å². The first-order chi connectivity index (χ1) is 14.4. The molecule has 2 aliphatic rings. The van der Waals surface area contributed by atoms with E-state index in [2.05, 4.69) is 10.6 Å². The van der Waals surface area contributed by atoms with Crippen LogP contribution in [0, 0.1) is 11.8 Å². The molecule has 1 aliphatic heterocycles. The van der Waals surface area contributed by atoms with E-state index < -0.39 is 11.9 Å². The number of rotatable bonds is 3. The van der Waals surface area contributed by atoms with Crippen molar-refractivity contribution >= 4 is 28.8 Å². The third-order valence-electron chi connectivity index (χ3n) is 5.97. The third kappa shape index (κ3) is 3.43. The fourth-order valence-corrected chi connectivity index (χ4v) is 4.35. The molecule has 0 unspecified atom stereocenters. The Kier molecular flexibility index (Phi) is 5.24. The molecule has 0 spiro atoms. The highest BCUT2D eigenvalue weighted by Crippen LogP contribution is 2.43. The van der Waals surface area contributed by atoms with Crippen LogP contribution >= 0.6 is 0 Å². The molecule has 4 rings (SSSR count). The number of esters is 1. The number of anilines is 3. The van der Waals surface area contributed by atoms with Crippen molar-refractivity contribution in [1.82, 2.24) is 0 Å². The van der Waals surface area contributed by atoms with E-state index in [0.717, 1.165) is 28.3 Å². The Morgan fingerprint density at radius 1 is 1.07 bits per heavy atom. The Balaban J connectivity index is 1.84. The predicted molar refractivity (Wildman–Crippen MR) is 119 cm³/mol. The molecule has 0 aromatic heterocycles. The van der Waals surface area contributed by atoms with E-state index in [0.29, 0.717) is 12.0 Å². The summed E-state index contributed by atoms with van der Waals surface area (Å²) in [5.74, 6) is -1.58. The van der Waals surface area contributed by atoms with Gasteiger partial charge in [0.05, 0.1) is 24.5 Å². The number of Topliss-reactive ketones (excluding diaryl/α,β-unsaturated/α-hetero) is 1. The van der Waals surface area contributed by atoms with Crippen LogP contribution in [0.5, 0.6) is 0 Å². The quantitative estimate of drug-likeness (QED) is 0.595. The zero-order valence-electron chi connectivity index (χ0n) is 17.7. The highest BCUT2D eigenvalue weighted by atomic mass is 16.5. The van der Waals surface area contributed by atoms with Crippen molar-refractivity contribution in [3.63, 3.8) is 0 Å². The van der Waals surface area contributed by atoms with Crippen LogP contribution in [0.15, 0.2) is 59.8 Å². The number of carbonyl (C=O) groups is 2. The van der Waals surface area contributed by atoms with Gasteiger partial charge in [0.1, 0.15) is 5.92 Å². The van der Waals surface area contributed by atoms with Crippen molar-refractivity contribution in [2.24, 2.45) is 11.8 Å². The van der Waals surface area contributed by atoms with E-state index in [1.54, 1.807) is 0 Å². The lowest BCUT2D eigenvalue weighted by atomic mass is 9.75. The number of nitrogens with zero attached hydrogens (tertiary/aromatic N) is 1. The van der Waals surface area contributed by atoms with Gasteiger partial charge in [-0.25, -0.2) is 0 Å². The first-order valence-electron chi connectivity index (χ1n) is 10.2. The summed E-state index contributed by atoms with van der Waals surface area (Å²) in [5, 5.41) is 7.00. The second-order valence-corrected chi connectivity index (χ2v) is 8.17. The van der Waals surface area contributed by atoms with Gasteiger partial charge in [-0.15, -0.1) is 0 Å². The molecule has 0 saturated carbocycles. The maximum Gasteiger partial charge on any atom is 0.316 e. The Labute approximate surface area is 176 Å². The van der Waals surface area contributed by atoms with Gasteiger partial charge in [-0.3, -0.25) is 9.59 Å². The number of ketones is 1. The molecule has 0 saturated heterocycles. The number of nitrogens with one attached hydrogen (secondary N) is 2. The molecular formula is C24H27N3O3. The monoisotopic (exact) mass is 405 g/mol. The second kappa shape index (κ2) is 7.86. The Morgan fingerprint density at radius 3 is 2.37 bits per heavy atom. The molecule has 30 heavy (non-hydrogen) atoms. The van der Waals surface area contributed by atoms with Gasteiger partial charge in [0.25, 0.3) is 0 Å². The molecule has 3 atom stereocenters. The van der Waals surface area contributed by atoms with E-state index in [-0.39, 0.29) is 17.7 Å². The fraction of sp³-hybridized carbons (Fsp3) is 0.333. The Morgan fingerprint density at radius 2 is 1.73 bits per heavy atom. The summed E-state index contributed by atoms with van der Waals surface area (Å²) in [6.07, 6.45) is 0.600. The lowest BCUT2D eigenvalue weighted by Gasteiger charge is -2.32. The summed E-state index contributed by atoms with van der Waals surface area (Å²) in [7, 11) is 5.32. The van der Waals surface area contributed by atoms with Gasteiger partial charge in [-0.2, -0.15) is 0 Å². The van der Waals surface area contributed by atoms with Gasteiger partial charge in [0.2, 0.25) is 0 Å². The first-order valence-corrected chi connectivity index (χ1v) is 10.2. The van der Waals surface area contributed by atoms with E-state index in [1.165, 1.54) is 7.11 Å². The molecule has 0 radical (unpaired) electrons. The Bertz CT molecular complexity index is 1010. The standard InChI is InChI=1S/C24H27N3O3/c1-14-13-19-21(23(28)20(14)24(29)30-4)22(15-9-11-16(12-10-15)27(2)3)26-18-8-6-5-7-17(18)25-19/h5-12,14,20,22,25-26H,13H2,1-4H3/t14-,20-,22+/m1/s1. The van der Waals surface area contributed by atoms with Crippen LogP contribution in [-0.2, 0) is 14.3 Å². The van der Waals surface area contributed by atoms with E-state index in [9.17, 15) is 9.59 Å². The van der Waals surface area contributed by atoms with Gasteiger partial charge in [-0.1, -0.05) is 31.2 Å². The van der Waals surface area contributed by atoms with Crippen LogP contribution in [0.1, 0.15) is 24.9 Å². The number of carbonyl (C=O) groups excluding carboxylic acids is 2. The lowest BCUT2D eigenvalue weighted by molar-refractivity contribution is -0.151. The zero-order valence-corrected chi connectivity index (χ0v) is 17.7. The number of hydrogen-bond acceptors (Lipinski definition) is 6. The molecule has 6 heteroatoms. The van der Waals surface area contributed by atoms with Crippen molar-refractivity contribution < 1.29 is 14.3 Å². The van der Waals surface area contributed by atoms with Crippen LogP contribution in [0.2, 0.25) is 0 Å². The molecule has 0 fully saturated rings. The molecule has 1 aliphatic carbocycles. The highest BCUT2D eigenvalue weighted by molar-refractivity contribution is 6.11. The summed E-state index contributed by atoms with van der Waals surface area (Å²) in [6, 6.07) is 15.7. The van der Waals surface area contributed by atoms with Gasteiger partial charge in [0.15, 0.2) is 5.78 Å². The normalized spacial score (nSPS) is 22.8.